The molecule has 0 fully saturated rings. The first-order chi connectivity index (χ1) is 9.02. The third-order valence-corrected chi connectivity index (χ3v) is 3.45. The number of fused-ring (bicyclic) bond motifs is 1. The second-order valence-electron chi connectivity index (χ2n) is 4.76. The summed E-state index contributed by atoms with van der Waals surface area (Å²) in [5, 5.41) is 2.53. The third-order valence-electron chi connectivity index (χ3n) is 3.45. The molecule has 0 aliphatic carbocycles. The van der Waals surface area contributed by atoms with E-state index < -0.39 is 12.2 Å². The van der Waals surface area contributed by atoms with Crippen molar-refractivity contribution in [2.75, 3.05) is 13.2 Å². The van der Waals surface area contributed by atoms with Crippen molar-refractivity contribution in [1.82, 2.24) is 5.32 Å². The average Bonchev–Trinajstić information content (AvgIpc) is 2.37. The molecule has 1 heterocycles. The van der Waals surface area contributed by atoms with Crippen LogP contribution in [0, 0.1) is 0 Å². The molecule has 1 aromatic carbocycles. The Morgan fingerprint density at radius 3 is 2.79 bits per heavy atom. The van der Waals surface area contributed by atoms with Crippen LogP contribution in [0.25, 0.3) is 0 Å². The molecular formula is C14H18F3NO. The van der Waals surface area contributed by atoms with Gasteiger partial charge in [0, 0.05) is 0 Å². The Hall–Kier alpha value is -1.23. The van der Waals surface area contributed by atoms with Crippen molar-refractivity contribution in [2.24, 2.45) is 0 Å². The first-order valence-corrected chi connectivity index (χ1v) is 6.54. The molecule has 1 aromatic rings. The third kappa shape index (κ3) is 3.41. The number of halogens is 3. The Morgan fingerprint density at radius 2 is 2.11 bits per heavy atom. The largest absolute Gasteiger partial charge is 0.493 e. The van der Waals surface area contributed by atoms with Crippen LogP contribution in [0.1, 0.15) is 31.2 Å². The minimum atomic E-state index is -4.21. The van der Waals surface area contributed by atoms with E-state index in [1.165, 1.54) is 0 Å². The molecule has 1 aliphatic rings. The lowest BCUT2D eigenvalue weighted by molar-refractivity contribution is -0.158. The number of hydrogen-bond donors (Lipinski definition) is 1. The number of rotatable bonds is 4. The second kappa shape index (κ2) is 5.82. The van der Waals surface area contributed by atoms with E-state index in [0.717, 1.165) is 11.3 Å². The van der Waals surface area contributed by atoms with Gasteiger partial charge in [-0.05, 0) is 36.9 Å². The zero-order valence-corrected chi connectivity index (χ0v) is 10.8. The van der Waals surface area contributed by atoms with Gasteiger partial charge < -0.3 is 10.1 Å². The number of alkyl halides is 3. The average molecular weight is 273 g/mol. The van der Waals surface area contributed by atoms with E-state index in [9.17, 15) is 13.2 Å². The molecule has 0 saturated heterocycles. The maximum Gasteiger partial charge on any atom is 0.403 e. The van der Waals surface area contributed by atoms with Gasteiger partial charge in [0.05, 0.1) is 6.61 Å². The highest BCUT2D eigenvalue weighted by molar-refractivity contribution is 5.37. The predicted octanol–water partition coefficient (Wildman–Crippen LogP) is 3.48. The molecule has 0 amide bonds. The molecule has 1 aliphatic heterocycles. The maximum absolute atomic E-state index is 12.9. The van der Waals surface area contributed by atoms with Crippen LogP contribution in [0.15, 0.2) is 24.3 Å². The smallest absolute Gasteiger partial charge is 0.403 e. The Kier molecular flexibility index (Phi) is 4.34. The highest BCUT2D eigenvalue weighted by Crippen LogP contribution is 2.38. The number of ether oxygens (including phenoxy) is 1. The lowest BCUT2D eigenvalue weighted by Gasteiger charge is -2.30. The van der Waals surface area contributed by atoms with Crippen molar-refractivity contribution < 1.29 is 17.9 Å². The zero-order valence-electron chi connectivity index (χ0n) is 10.8. The van der Waals surface area contributed by atoms with E-state index >= 15 is 0 Å². The van der Waals surface area contributed by atoms with Gasteiger partial charge in [0.2, 0.25) is 0 Å². The summed E-state index contributed by atoms with van der Waals surface area (Å²) in [4.78, 5) is 0. The van der Waals surface area contributed by atoms with Crippen molar-refractivity contribution in [1.29, 1.82) is 0 Å². The molecule has 5 heteroatoms. The van der Waals surface area contributed by atoms with Crippen LogP contribution >= 0.6 is 0 Å². The maximum atomic E-state index is 12.9. The zero-order chi connectivity index (χ0) is 13.9. The number of hydrogen-bond acceptors (Lipinski definition) is 2. The molecule has 1 N–H and O–H groups in total. The summed E-state index contributed by atoms with van der Waals surface area (Å²) in [6.45, 7) is 2.49. The van der Waals surface area contributed by atoms with Gasteiger partial charge in [0.1, 0.15) is 11.8 Å². The van der Waals surface area contributed by atoms with Gasteiger partial charge in [-0.2, -0.15) is 13.2 Å². The lowest BCUT2D eigenvalue weighted by atomic mass is 9.87. The van der Waals surface area contributed by atoms with Crippen LogP contribution in [0.4, 0.5) is 13.2 Å². The summed E-state index contributed by atoms with van der Waals surface area (Å²) < 4.78 is 44.3. The summed E-state index contributed by atoms with van der Waals surface area (Å²) in [5.41, 5.74) is 0.890. The van der Waals surface area contributed by atoms with Gasteiger partial charge in [0.15, 0.2) is 0 Å². The van der Waals surface area contributed by atoms with Gasteiger partial charge in [0.25, 0.3) is 0 Å². The fraction of sp³-hybridized carbons (Fsp3) is 0.571. The Labute approximate surface area is 111 Å². The molecule has 2 nitrogen and oxygen atoms in total. The van der Waals surface area contributed by atoms with E-state index in [2.05, 4.69) is 5.32 Å². The molecule has 106 valence electrons. The van der Waals surface area contributed by atoms with Crippen LogP contribution in [0.5, 0.6) is 5.75 Å². The molecule has 2 atom stereocenters. The van der Waals surface area contributed by atoms with Crippen molar-refractivity contribution in [3.8, 4) is 5.75 Å². The molecule has 2 rings (SSSR count). The van der Waals surface area contributed by atoms with Crippen LogP contribution in [0.3, 0.4) is 0 Å². The van der Waals surface area contributed by atoms with E-state index in [1.54, 1.807) is 6.92 Å². The van der Waals surface area contributed by atoms with Crippen LogP contribution in [-0.2, 0) is 0 Å². The van der Waals surface area contributed by atoms with Gasteiger partial charge in [-0.25, -0.2) is 0 Å². The Morgan fingerprint density at radius 1 is 1.37 bits per heavy atom. The fourth-order valence-electron chi connectivity index (χ4n) is 2.52. The first kappa shape index (κ1) is 14.2. The summed E-state index contributed by atoms with van der Waals surface area (Å²) in [6.07, 6.45) is -3.50. The Bertz CT molecular complexity index is 419. The van der Waals surface area contributed by atoms with Crippen LogP contribution < -0.4 is 10.1 Å². The van der Waals surface area contributed by atoms with Gasteiger partial charge >= 0.3 is 6.18 Å². The van der Waals surface area contributed by atoms with E-state index in [4.69, 9.17) is 4.74 Å². The van der Waals surface area contributed by atoms with E-state index in [-0.39, 0.29) is 12.3 Å². The van der Waals surface area contributed by atoms with Crippen molar-refractivity contribution >= 4 is 0 Å². The summed E-state index contributed by atoms with van der Waals surface area (Å²) >= 11 is 0. The molecule has 19 heavy (non-hydrogen) atoms. The number of benzene rings is 1. The van der Waals surface area contributed by atoms with Crippen molar-refractivity contribution in [2.45, 2.75) is 37.9 Å². The molecule has 0 bridgehead atoms. The highest BCUT2D eigenvalue weighted by atomic mass is 19.4. The van der Waals surface area contributed by atoms with Gasteiger partial charge in [-0.15, -0.1) is 0 Å². The molecule has 0 saturated carbocycles. The molecule has 0 radical (unpaired) electrons. The second-order valence-corrected chi connectivity index (χ2v) is 4.76. The molecule has 2 unspecified atom stereocenters. The monoisotopic (exact) mass is 273 g/mol. The SMILES string of the molecule is CCNC(CC1CCOc2ccccc21)C(F)(F)F. The molecular weight excluding hydrogens is 255 g/mol. The lowest BCUT2D eigenvalue weighted by Crippen LogP contribution is -2.43. The quantitative estimate of drug-likeness (QED) is 0.906. The fourth-order valence-corrected chi connectivity index (χ4v) is 2.52. The van der Waals surface area contributed by atoms with Gasteiger partial charge in [-0.1, -0.05) is 25.1 Å². The van der Waals surface area contributed by atoms with Crippen LogP contribution in [0.2, 0.25) is 0 Å². The highest BCUT2D eigenvalue weighted by Gasteiger charge is 2.41. The van der Waals surface area contributed by atoms with Crippen molar-refractivity contribution in [3.63, 3.8) is 0 Å². The first-order valence-electron chi connectivity index (χ1n) is 6.54. The summed E-state index contributed by atoms with van der Waals surface area (Å²) in [6, 6.07) is 5.91. The topological polar surface area (TPSA) is 21.3 Å². The standard InChI is InChI=1S/C14H18F3NO/c1-2-18-13(14(15,16)17)9-10-7-8-19-12-6-4-3-5-11(10)12/h3-6,10,13,18H,2,7-9H2,1H3. The van der Waals surface area contributed by atoms with Crippen molar-refractivity contribution in [3.05, 3.63) is 29.8 Å². The minimum Gasteiger partial charge on any atom is -0.493 e. The van der Waals surface area contributed by atoms with E-state index in [1.807, 2.05) is 24.3 Å². The summed E-state index contributed by atoms with van der Waals surface area (Å²) in [5.74, 6) is 0.617. The predicted molar refractivity (Wildman–Crippen MR) is 67.4 cm³/mol. The number of nitrogens with one attached hydrogen (secondary N) is 1. The molecule has 0 aromatic heterocycles. The minimum absolute atomic E-state index is 0.0672. The Balaban J connectivity index is 2.15. The normalized spacial score (nSPS) is 20.5. The number of para-hydroxylation sites is 1. The van der Waals surface area contributed by atoms with E-state index in [0.29, 0.717) is 19.6 Å². The van der Waals surface area contributed by atoms with Crippen LogP contribution in [-0.4, -0.2) is 25.4 Å². The van der Waals surface area contributed by atoms with Gasteiger partial charge in [-0.3, -0.25) is 0 Å². The summed E-state index contributed by atoms with van der Waals surface area (Å²) in [7, 11) is 0. The molecule has 0 spiro atoms.